The third kappa shape index (κ3) is 5.71. The minimum Gasteiger partial charge on any atom is -0.481 e. The Morgan fingerprint density at radius 3 is 2.43 bits per heavy atom. The molecule has 0 fully saturated rings. The van der Waals surface area contributed by atoms with Gasteiger partial charge in [0.25, 0.3) is 0 Å². The molecule has 7 heteroatoms. The van der Waals surface area contributed by atoms with Crippen molar-refractivity contribution >= 4 is 28.5 Å². The van der Waals surface area contributed by atoms with Gasteiger partial charge in [-0.2, -0.15) is 0 Å². The van der Waals surface area contributed by atoms with Gasteiger partial charge in [-0.25, -0.2) is 9.78 Å². The first-order valence-corrected chi connectivity index (χ1v) is 7.72. The van der Waals surface area contributed by atoms with Gasteiger partial charge in [-0.05, 0) is 11.3 Å². The van der Waals surface area contributed by atoms with Gasteiger partial charge in [0.1, 0.15) is 0 Å². The van der Waals surface area contributed by atoms with Crippen LogP contribution in [0.5, 0.6) is 0 Å². The molecule has 1 aromatic heterocycles. The summed E-state index contributed by atoms with van der Waals surface area (Å²) in [6.07, 6.45) is -0.119. The number of carboxylic acid groups (broad SMARTS) is 1. The van der Waals surface area contributed by atoms with Crippen LogP contribution >= 0.6 is 11.3 Å². The standard InChI is InChI=1S/C14H23N3O3S/c1-8(2)9-7-21-13(15-9)17-12(20)16-10(6-11(18)19)14(3,4)5/h7-8,10H,6H2,1-5H3,(H,18,19)(H2,15,16,17,20). The molecule has 0 saturated carbocycles. The number of carboxylic acids is 1. The smallest absolute Gasteiger partial charge is 0.321 e. The van der Waals surface area contributed by atoms with Crippen LogP contribution in [0.2, 0.25) is 0 Å². The van der Waals surface area contributed by atoms with Gasteiger partial charge in [0, 0.05) is 11.4 Å². The fraction of sp³-hybridized carbons (Fsp3) is 0.643. The molecular weight excluding hydrogens is 290 g/mol. The minimum absolute atomic E-state index is 0.119. The van der Waals surface area contributed by atoms with Crippen LogP contribution in [-0.2, 0) is 4.79 Å². The van der Waals surface area contributed by atoms with E-state index >= 15 is 0 Å². The van der Waals surface area contributed by atoms with Gasteiger partial charge in [0.2, 0.25) is 0 Å². The van der Waals surface area contributed by atoms with E-state index in [1.54, 1.807) is 0 Å². The largest absolute Gasteiger partial charge is 0.481 e. The molecule has 0 aliphatic heterocycles. The Morgan fingerprint density at radius 2 is 2.00 bits per heavy atom. The Balaban J connectivity index is 2.67. The summed E-state index contributed by atoms with van der Waals surface area (Å²) in [6, 6.07) is -0.889. The minimum atomic E-state index is -0.938. The number of urea groups is 1. The zero-order chi connectivity index (χ0) is 16.2. The van der Waals surface area contributed by atoms with E-state index in [0.717, 1.165) is 5.69 Å². The van der Waals surface area contributed by atoms with Crippen molar-refractivity contribution in [2.45, 2.75) is 53.0 Å². The molecule has 1 atom stereocenters. The number of thiazole rings is 1. The number of amides is 2. The Hall–Kier alpha value is -1.63. The lowest BCUT2D eigenvalue weighted by molar-refractivity contribution is -0.138. The summed E-state index contributed by atoms with van der Waals surface area (Å²) in [5, 5.41) is 16.7. The van der Waals surface area contributed by atoms with Gasteiger partial charge in [0.15, 0.2) is 5.13 Å². The monoisotopic (exact) mass is 313 g/mol. The molecule has 0 saturated heterocycles. The number of nitrogens with zero attached hydrogens (tertiary/aromatic N) is 1. The summed E-state index contributed by atoms with van der Waals surface area (Å²) in [7, 11) is 0. The number of aliphatic carboxylic acids is 1. The molecule has 6 nitrogen and oxygen atoms in total. The number of nitrogens with one attached hydrogen (secondary N) is 2. The summed E-state index contributed by atoms with van der Waals surface area (Å²) < 4.78 is 0. The average Bonchev–Trinajstić information content (AvgIpc) is 2.74. The molecule has 2 amide bonds. The second-order valence-electron chi connectivity index (χ2n) is 6.35. The lowest BCUT2D eigenvalue weighted by Gasteiger charge is -2.30. The van der Waals surface area contributed by atoms with Gasteiger partial charge >= 0.3 is 12.0 Å². The molecule has 21 heavy (non-hydrogen) atoms. The fourth-order valence-electron chi connectivity index (χ4n) is 1.65. The number of aromatic nitrogens is 1. The number of rotatable bonds is 5. The molecular formula is C14H23N3O3S. The van der Waals surface area contributed by atoms with Crippen molar-refractivity contribution in [3.05, 3.63) is 11.1 Å². The average molecular weight is 313 g/mol. The van der Waals surface area contributed by atoms with Crippen LogP contribution < -0.4 is 10.6 Å². The van der Waals surface area contributed by atoms with Crippen molar-refractivity contribution in [3.8, 4) is 0 Å². The van der Waals surface area contributed by atoms with Gasteiger partial charge < -0.3 is 10.4 Å². The van der Waals surface area contributed by atoms with E-state index in [-0.39, 0.29) is 11.8 Å². The summed E-state index contributed by atoms with van der Waals surface area (Å²) in [5.74, 6) is -0.638. The predicted octanol–water partition coefficient (Wildman–Crippen LogP) is 3.28. The van der Waals surface area contributed by atoms with Gasteiger partial charge in [-0.1, -0.05) is 34.6 Å². The zero-order valence-corrected chi connectivity index (χ0v) is 13.9. The van der Waals surface area contributed by atoms with Crippen molar-refractivity contribution in [2.75, 3.05) is 5.32 Å². The first-order chi connectivity index (χ1) is 9.59. The highest BCUT2D eigenvalue weighted by molar-refractivity contribution is 7.13. The Kier molecular flexibility index (Phi) is 5.71. The summed E-state index contributed by atoms with van der Waals surface area (Å²) >= 11 is 1.36. The molecule has 0 aromatic carbocycles. The molecule has 0 spiro atoms. The maximum absolute atomic E-state index is 12.0. The van der Waals surface area contributed by atoms with Crippen molar-refractivity contribution in [2.24, 2.45) is 5.41 Å². The summed E-state index contributed by atoms with van der Waals surface area (Å²) in [5.41, 5.74) is 0.579. The molecule has 0 aliphatic rings. The number of hydrogen-bond donors (Lipinski definition) is 3. The van der Waals surface area contributed by atoms with Crippen molar-refractivity contribution in [1.82, 2.24) is 10.3 Å². The van der Waals surface area contributed by atoms with E-state index in [4.69, 9.17) is 5.11 Å². The zero-order valence-electron chi connectivity index (χ0n) is 13.1. The van der Waals surface area contributed by atoms with E-state index in [9.17, 15) is 9.59 Å². The molecule has 118 valence electrons. The Labute approximate surface area is 129 Å². The van der Waals surface area contributed by atoms with E-state index in [1.807, 2.05) is 40.0 Å². The maximum Gasteiger partial charge on any atom is 0.321 e. The molecule has 1 unspecified atom stereocenters. The molecule has 0 aliphatic carbocycles. The first-order valence-electron chi connectivity index (χ1n) is 6.84. The van der Waals surface area contributed by atoms with Crippen LogP contribution in [0, 0.1) is 5.41 Å². The van der Waals surface area contributed by atoms with Gasteiger partial charge in [-0.15, -0.1) is 11.3 Å². The highest BCUT2D eigenvalue weighted by Gasteiger charge is 2.28. The van der Waals surface area contributed by atoms with Crippen molar-refractivity contribution in [3.63, 3.8) is 0 Å². The van der Waals surface area contributed by atoms with E-state index in [2.05, 4.69) is 15.6 Å². The highest BCUT2D eigenvalue weighted by Crippen LogP contribution is 2.23. The predicted molar refractivity (Wildman–Crippen MR) is 83.9 cm³/mol. The van der Waals surface area contributed by atoms with Gasteiger partial charge in [0.05, 0.1) is 12.1 Å². The topological polar surface area (TPSA) is 91.3 Å². The van der Waals surface area contributed by atoms with Crippen LogP contribution in [0.15, 0.2) is 5.38 Å². The number of carbonyl (C=O) groups is 2. The van der Waals surface area contributed by atoms with E-state index < -0.39 is 18.0 Å². The van der Waals surface area contributed by atoms with Crippen LogP contribution in [0.25, 0.3) is 0 Å². The fourth-order valence-corrected chi connectivity index (χ4v) is 2.52. The SMILES string of the molecule is CC(C)c1csc(NC(=O)NC(CC(=O)O)C(C)(C)C)n1. The Bertz CT molecular complexity index is 506. The lowest BCUT2D eigenvalue weighted by atomic mass is 9.85. The third-order valence-electron chi connectivity index (χ3n) is 3.06. The molecule has 1 heterocycles. The summed E-state index contributed by atoms with van der Waals surface area (Å²) in [4.78, 5) is 27.2. The van der Waals surface area contributed by atoms with Crippen LogP contribution in [0.3, 0.4) is 0 Å². The number of carbonyl (C=O) groups excluding carboxylic acids is 1. The highest BCUT2D eigenvalue weighted by atomic mass is 32.1. The normalized spacial score (nSPS) is 13.0. The van der Waals surface area contributed by atoms with Crippen LogP contribution in [-0.4, -0.2) is 28.1 Å². The maximum atomic E-state index is 12.0. The second-order valence-corrected chi connectivity index (χ2v) is 7.21. The molecule has 0 radical (unpaired) electrons. The van der Waals surface area contributed by atoms with Crippen molar-refractivity contribution < 1.29 is 14.7 Å². The molecule has 1 rings (SSSR count). The lowest BCUT2D eigenvalue weighted by Crippen LogP contribution is -2.46. The third-order valence-corrected chi connectivity index (χ3v) is 3.84. The molecule has 1 aromatic rings. The van der Waals surface area contributed by atoms with Crippen LogP contribution in [0.1, 0.15) is 52.7 Å². The Morgan fingerprint density at radius 1 is 1.38 bits per heavy atom. The quantitative estimate of drug-likeness (QED) is 0.778. The molecule has 3 N–H and O–H groups in total. The molecule has 0 bridgehead atoms. The second kappa shape index (κ2) is 6.89. The van der Waals surface area contributed by atoms with Gasteiger partial charge in [-0.3, -0.25) is 10.1 Å². The number of anilines is 1. The number of hydrogen-bond acceptors (Lipinski definition) is 4. The van der Waals surface area contributed by atoms with Crippen LogP contribution in [0.4, 0.5) is 9.93 Å². The first kappa shape index (κ1) is 17.4. The van der Waals surface area contributed by atoms with Crippen molar-refractivity contribution in [1.29, 1.82) is 0 Å². The van der Waals surface area contributed by atoms with E-state index in [0.29, 0.717) is 11.0 Å². The van der Waals surface area contributed by atoms with E-state index in [1.165, 1.54) is 11.3 Å². The summed E-state index contributed by atoms with van der Waals surface area (Å²) in [6.45, 7) is 9.73.